The van der Waals surface area contributed by atoms with Gasteiger partial charge in [-0.15, -0.1) is 0 Å². The molecule has 1 aliphatic heterocycles. The van der Waals surface area contributed by atoms with E-state index in [1.165, 1.54) is 32.1 Å². The van der Waals surface area contributed by atoms with Crippen LogP contribution in [0.5, 0.6) is 0 Å². The van der Waals surface area contributed by atoms with Crippen molar-refractivity contribution in [3.63, 3.8) is 0 Å². The van der Waals surface area contributed by atoms with Crippen LogP contribution in [0.3, 0.4) is 0 Å². The van der Waals surface area contributed by atoms with E-state index in [4.69, 9.17) is 5.73 Å². The first-order valence-corrected chi connectivity index (χ1v) is 7.74. The van der Waals surface area contributed by atoms with Gasteiger partial charge in [0.25, 0.3) is 0 Å². The van der Waals surface area contributed by atoms with Crippen LogP contribution in [-0.2, 0) is 11.2 Å². The maximum Gasteiger partial charge on any atom is 0.228 e. The molecule has 4 nitrogen and oxygen atoms in total. The fraction of sp³-hybridized carbons (Fsp3) is 0.625. The lowest BCUT2D eigenvalue weighted by Gasteiger charge is -2.44. The molecule has 20 heavy (non-hydrogen) atoms. The highest BCUT2D eigenvalue weighted by Crippen LogP contribution is 2.35. The highest BCUT2D eigenvalue weighted by molar-refractivity contribution is 5.79. The first kappa shape index (κ1) is 13.4. The summed E-state index contributed by atoms with van der Waals surface area (Å²) in [5, 5.41) is 0. The maximum atomic E-state index is 12.6. The Labute approximate surface area is 120 Å². The van der Waals surface area contributed by atoms with Gasteiger partial charge in [0, 0.05) is 18.3 Å². The van der Waals surface area contributed by atoms with E-state index < -0.39 is 0 Å². The molecule has 2 N–H and O–H groups in total. The lowest BCUT2D eigenvalue weighted by atomic mass is 9.78. The number of fused-ring (bicyclic) bond motifs is 1. The van der Waals surface area contributed by atoms with Crippen molar-refractivity contribution in [2.24, 2.45) is 5.92 Å². The third-order valence-corrected chi connectivity index (χ3v) is 4.74. The number of carbonyl (C=O) groups is 1. The van der Waals surface area contributed by atoms with Gasteiger partial charge < -0.3 is 10.6 Å². The predicted octanol–water partition coefficient (Wildman–Crippen LogP) is 2.39. The van der Waals surface area contributed by atoms with E-state index in [0.717, 1.165) is 24.6 Å². The summed E-state index contributed by atoms with van der Waals surface area (Å²) in [5.41, 5.74) is 7.10. The second kappa shape index (κ2) is 5.81. The zero-order chi connectivity index (χ0) is 13.9. The van der Waals surface area contributed by atoms with Crippen molar-refractivity contribution < 1.29 is 4.79 Å². The quantitative estimate of drug-likeness (QED) is 0.900. The second-order valence-electron chi connectivity index (χ2n) is 6.10. The minimum atomic E-state index is 0.235. The van der Waals surface area contributed by atoms with Crippen LogP contribution in [0.4, 0.5) is 5.69 Å². The molecule has 4 heteroatoms. The van der Waals surface area contributed by atoms with Crippen molar-refractivity contribution in [3.8, 4) is 0 Å². The molecule has 1 aliphatic carbocycles. The zero-order valence-electron chi connectivity index (χ0n) is 11.9. The van der Waals surface area contributed by atoms with Gasteiger partial charge in [-0.1, -0.05) is 12.8 Å². The van der Waals surface area contributed by atoms with E-state index in [9.17, 15) is 4.79 Å². The van der Waals surface area contributed by atoms with Crippen molar-refractivity contribution in [1.29, 1.82) is 0 Å². The third kappa shape index (κ3) is 2.79. The highest BCUT2D eigenvalue weighted by Gasteiger charge is 2.35. The average molecular weight is 273 g/mol. The number of nitrogens with two attached hydrogens (primary N) is 1. The molecule has 3 rings (SSSR count). The van der Waals surface area contributed by atoms with Crippen LogP contribution in [0.2, 0.25) is 0 Å². The molecule has 0 spiro atoms. The van der Waals surface area contributed by atoms with Crippen molar-refractivity contribution >= 4 is 11.6 Å². The first-order chi connectivity index (χ1) is 9.74. The van der Waals surface area contributed by atoms with Crippen LogP contribution in [0, 0.1) is 5.92 Å². The molecule has 2 fully saturated rings. The molecule has 1 aromatic rings. The van der Waals surface area contributed by atoms with Crippen LogP contribution < -0.4 is 5.73 Å². The lowest BCUT2D eigenvalue weighted by molar-refractivity contribution is -0.136. The van der Waals surface area contributed by atoms with Crippen LogP contribution in [-0.4, -0.2) is 28.4 Å². The Morgan fingerprint density at radius 3 is 2.85 bits per heavy atom. The Kier molecular flexibility index (Phi) is 3.90. The first-order valence-electron chi connectivity index (χ1n) is 7.74. The molecule has 1 aromatic heterocycles. The molecule has 1 amide bonds. The Morgan fingerprint density at radius 1 is 1.25 bits per heavy atom. The standard InChI is InChI=1S/C16H23N3O/c17-13-7-8-14(18-11-13)10-16(20)19-9-3-5-12-4-1-2-6-15(12)19/h7-8,11-12,15H,1-6,9-10,17H2. The Hall–Kier alpha value is -1.58. The minimum absolute atomic E-state index is 0.235. The largest absolute Gasteiger partial charge is 0.397 e. The third-order valence-electron chi connectivity index (χ3n) is 4.74. The van der Waals surface area contributed by atoms with Gasteiger partial charge in [-0.2, -0.15) is 0 Å². The van der Waals surface area contributed by atoms with Crippen molar-refractivity contribution in [1.82, 2.24) is 9.88 Å². The molecule has 0 aromatic carbocycles. The van der Waals surface area contributed by atoms with Gasteiger partial charge in [-0.3, -0.25) is 9.78 Å². The molecular weight excluding hydrogens is 250 g/mol. The summed E-state index contributed by atoms with van der Waals surface area (Å²) in [7, 11) is 0. The summed E-state index contributed by atoms with van der Waals surface area (Å²) in [6, 6.07) is 4.16. The Bertz CT molecular complexity index is 469. The van der Waals surface area contributed by atoms with Crippen LogP contribution in [0.1, 0.15) is 44.2 Å². The Balaban J connectivity index is 1.67. The molecule has 0 bridgehead atoms. The summed E-state index contributed by atoms with van der Waals surface area (Å²) in [6.07, 6.45) is 9.58. The molecule has 108 valence electrons. The molecule has 2 heterocycles. The molecule has 0 radical (unpaired) electrons. The van der Waals surface area contributed by atoms with E-state index in [1.807, 2.05) is 12.1 Å². The van der Waals surface area contributed by atoms with E-state index >= 15 is 0 Å². The highest BCUT2D eigenvalue weighted by atomic mass is 16.2. The molecule has 2 aliphatic rings. The minimum Gasteiger partial charge on any atom is -0.397 e. The van der Waals surface area contributed by atoms with Gasteiger partial charge >= 0.3 is 0 Å². The molecule has 2 atom stereocenters. The summed E-state index contributed by atoms with van der Waals surface area (Å²) < 4.78 is 0. The van der Waals surface area contributed by atoms with Crippen molar-refractivity contribution in [3.05, 3.63) is 24.0 Å². The normalized spacial score (nSPS) is 26.1. The predicted molar refractivity (Wildman–Crippen MR) is 79.0 cm³/mol. The number of likely N-dealkylation sites (tertiary alicyclic amines) is 1. The van der Waals surface area contributed by atoms with Crippen LogP contribution >= 0.6 is 0 Å². The number of pyridine rings is 1. The Morgan fingerprint density at radius 2 is 2.05 bits per heavy atom. The number of piperidine rings is 1. The fourth-order valence-electron chi connectivity index (χ4n) is 3.73. The second-order valence-corrected chi connectivity index (χ2v) is 6.10. The molecule has 1 saturated heterocycles. The average Bonchev–Trinajstić information content (AvgIpc) is 2.49. The number of hydrogen-bond acceptors (Lipinski definition) is 3. The number of nitrogens with zero attached hydrogens (tertiary/aromatic N) is 2. The van der Waals surface area contributed by atoms with Gasteiger partial charge in [0.1, 0.15) is 0 Å². The van der Waals surface area contributed by atoms with Crippen LogP contribution in [0.25, 0.3) is 0 Å². The zero-order valence-corrected chi connectivity index (χ0v) is 11.9. The van der Waals surface area contributed by atoms with Gasteiger partial charge in [-0.05, 0) is 43.7 Å². The van der Waals surface area contributed by atoms with Crippen LogP contribution in [0.15, 0.2) is 18.3 Å². The maximum absolute atomic E-state index is 12.6. The summed E-state index contributed by atoms with van der Waals surface area (Å²) >= 11 is 0. The van der Waals surface area contributed by atoms with Gasteiger partial charge in [0.15, 0.2) is 0 Å². The number of rotatable bonds is 2. The van der Waals surface area contributed by atoms with E-state index in [0.29, 0.717) is 18.2 Å². The van der Waals surface area contributed by atoms with E-state index in [2.05, 4.69) is 9.88 Å². The number of amides is 1. The van der Waals surface area contributed by atoms with E-state index in [-0.39, 0.29) is 5.91 Å². The van der Waals surface area contributed by atoms with Gasteiger partial charge in [-0.25, -0.2) is 0 Å². The smallest absolute Gasteiger partial charge is 0.228 e. The molecule has 1 saturated carbocycles. The number of carbonyl (C=O) groups excluding carboxylic acids is 1. The molecule has 2 unspecified atom stereocenters. The molecular formula is C16H23N3O. The SMILES string of the molecule is Nc1ccc(CC(=O)N2CCCC3CCCCC32)nc1. The van der Waals surface area contributed by atoms with Gasteiger partial charge in [0.05, 0.1) is 18.3 Å². The number of hydrogen-bond donors (Lipinski definition) is 1. The van der Waals surface area contributed by atoms with Gasteiger partial charge in [0.2, 0.25) is 5.91 Å². The van der Waals surface area contributed by atoms with Crippen molar-refractivity contribution in [2.45, 2.75) is 51.0 Å². The topological polar surface area (TPSA) is 59.2 Å². The summed E-state index contributed by atoms with van der Waals surface area (Å²) in [4.78, 5) is 18.9. The monoisotopic (exact) mass is 273 g/mol. The number of nitrogen functional groups attached to an aromatic ring is 1. The fourth-order valence-corrected chi connectivity index (χ4v) is 3.73. The lowest BCUT2D eigenvalue weighted by Crippen LogP contribution is -2.50. The number of aromatic nitrogens is 1. The summed E-state index contributed by atoms with van der Waals surface area (Å²) in [5.74, 6) is 0.972. The summed E-state index contributed by atoms with van der Waals surface area (Å²) in [6.45, 7) is 0.926. The van der Waals surface area contributed by atoms with Crippen molar-refractivity contribution in [2.75, 3.05) is 12.3 Å². The van der Waals surface area contributed by atoms with E-state index in [1.54, 1.807) is 6.20 Å². The number of anilines is 1.